The molecule has 0 spiro atoms. The first kappa shape index (κ1) is 25.8. The highest BCUT2D eigenvalue weighted by Crippen LogP contribution is 2.36. The molecule has 10 heteroatoms. The second-order valence-corrected chi connectivity index (χ2v) is 9.37. The van der Waals surface area contributed by atoms with Crippen LogP contribution in [0.25, 0.3) is 5.57 Å². The van der Waals surface area contributed by atoms with Crippen molar-refractivity contribution in [1.29, 1.82) is 0 Å². The van der Waals surface area contributed by atoms with E-state index >= 15 is 0 Å². The second kappa shape index (κ2) is 11.6. The number of rotatable bonds is 5. The van der Waals surface area contributed by atoms with E-state index in [0.717, 1.165) is 83.7 Å². The minimum absolute atomic E-state index is 0.244. The number of hydrogen-bond acceptors (Lipinski definition) is 6. The van der Waals surface area contributed by atoms with E-state index in [0.29, 0.717) is 5.92 Å². The zero-order chi connectivity index (χ0) is 24.0. The van der Waals surface area contributed by atoms with Gasteiger partial charge in [-0.25, -0.2) is 4.31 Å². The number of alkyl halides is 3. The highest BCUT2D eigenvalue weighted by Gasteiger charge is 2.36. The molecule has 1 aromatic rings. The summed E-state index contributed by atoms with van der Waals surface area (Å²) in [4.78, 5) is 17.4. The van der Waals surface area contributed by atoms with Crippen molar-refractivity contribution in [2.45, 2.75) is 51.0 Å². The van der Waals surface area contributed by atoms with Crippen LogP contribution in [0, 0.1) is 5.92 Å². The standard InChI is InChI=1S/C19H25N3O2S.C4H7F3O/c1-25-22-8-4-14(5-9-22)17-10-16-11-18(24-19(16)12-20-17)15-2-6-21(13-23)7-3-15;1-3(8-2)4(5,6)7/h4,10,12-13,15,18H,2-3,5-9,11H2,1H3;3H,1-2H3. The molecular formula is C23H32F3N3O3S. The van der Waals surface area contributed by atoms with Crippen molar-refractivity contribution in [3.8, 4) is 5.75 Å². The van der Waals surface area contributed by atoms with Crippen LogP contribution in [0.1, 0.15) is 37.4 Å². The van der Waals surface area contributed by atoms with Crippen LogP contribution in [-0.2, 0) is 16.0 Å². The molecule has 1 amide bonds. The van der Waals surface area contributed by atoms with Crippen LogP contribution < -0.4 is 4.74 Å². The Bertz CT molecular complexity index is 829. The van der Waals surface area contributed by atoms with E-state index < -0.39 is 12.3 Å². The van der Waals surface area contributed by atoms with Gasteiger partial charge in [0.2, 0.25) is 6.41 Å². The number of halogens is 3. The summed E-state index contributed by atoms with van der Waals surface area (Å²) in [5.74, 6) is 1.49. The molecule has 4 heterocycles. The first-order chi connectivity index (χ1) is 15.7. The summed E-state index contributed by atoms with van der Waals surface area (Å²) in [5, 5.41) is 0. The fourth-order valence-electron chi connectivity index (χ4n) is 4.19. The van der Waals surface area contributed by atoms with Gasteiger partial charge >= 0.3 is 6.18 Å². The van der Waals surface area contributed by atoms with Crippen molar-refractivity contribution in [2.75, 3.05) is 39.5 Å². The Morgan fingerprint density at radius 3 is 2.55 bits per heavy atom. The van der Waals surface area contributed by atoms with Crippen molar-refractivity contribution in [2.24, 2.45) is 5.92 Å². The summed E-state index contributed by atoms with van der Waals surface area (Å²) in [6, 6.07) is 2.23. The highest BCUT2D eigenvalue weighted by atomic mass is 32.2. The molecule has 4 rings (SSSR count). The smallest absolute Gasteiger partial charge is 0.414 e. The Morgan fingerprint density at radius 1 is 1.30 bits per heavy atom. The minimum Gasteiger partial charge on any atom is -0.488 e. The fraction of sp³-hybridized carbons (Fsp3) is 0.652. The molecule has 0 aromatic carbocycles. The third kappa shape index (κ3) is 6.86. The molecular weight excluding hydrogens is 455 g/mol. The summed E-state index contributed by atoms with van der Waals surface area (Å²) < 4.78 is 46.5. The summed E-state index contributed by atoms with van der Waals surface area (Å²) in [5.41, 5.74) is 3.76. The normalized spacial score (nSPS) is 22.5. The predicted molar refractivity (Wildman–Crippen MR) is 123 cm³/mol. The molecule has 33 heavy (non-hydrogen) atoms. The monoisotopic (exact) mass is 487 g/mol. The highest BCUT2D eigenvalue weighted by molar-refractivity contribution is 7.96. The SMILES string of the molecule is COC(C)C(F)(F)F.CSN1CC=C(c2cc3c(cn2)OC(C2CCN(C=O)CC2)C3)CC1. The summed E-state index contributed by atoms with van der Waals surface area (Å²) >= 11 is 1.80. The maximum absolute atomic E-state index is 11.3. The Hall–Kier alpha value is -1.78. The van der Waals surface area contributed by atoms with Crippen LogP contribution >= 0.6 is 11.9 Å². The molecule has 3 aliphatic rings. The summed E-state index contributed by atoms with van der Waals surface area (Å²) in [7, 11) is 1.03. The van der Waals surface area contributed by atoms with Gasteiger partial charge < -0.3 is 14.4 Å². The Labute approximate surface area is 197 Å². The lowest BCUT2D eigenvalue weighted by atomic mass is 9.89. The van der Waals surface area contributed by atoms with Gasteiger partial charge in [-0.15, -0.1) is 0 Å². The van der Waals surface area contributed by atoms with E-state index in [1.807, 2.05) is 11.1 Å². The van der Waals surface area contributed by atoms with Crippen molar-refractivity contribution < 1.29 is 27.4 Å². The van der Waals surface area contributed by atoms with Crippen molar-refractivity contribution in [3.05, 3.63) is 29.6 Å². The number of carbonyl (C=O) groups excluding carboxylic acids is 1. The van der Waals surface area contributed by atoms with Crippen molar-refractivity contribution >= 4 is 23.9 Å². The van der Waals surface area contributed by atoms with Gasteiger partial charge in [-0.2, -0.15) is 13.2 Å². The van der Waals surface area contributed by atoms with E-state index in [4.69, 9.17) is 4.74 Å². The van der Waals surface area contributed by atoms with Gasteiger partial charge in [-0.05, 0) is 50.0 Å². The molecule has 184 valence electrons. The van der Waals surface area contributed by atoms with E-state index in [2.05, 4.69) is 32.4 Å². The van der Waals surface area contributed by atoms with Crippen LogP contribution in [0.5, 0.6) is 5.75 Å². The number of nitrogens with zero attached hydrogens (tertiary/aromatic N) is 3. The third-order valence-electron chi connectivity index (χ3n) is 6.47. The van der Waals surface area contributed by atoms with Crippen LogP contribution in [0.3, 0.4) is 0 Å². The number of pyridine rings is 1. The zero-order valence-corrected chi connectivity index (χ0v) is 20.1. The van der Waals surface area contributed by atoms with E-state index in [1.54, 1.807) is 11.9 Å². The van der Waals surface area contributed by atoms with Gasteiger partial charge in [0.15, 0.2) is 0 Å². The van der Waals surface area contributed by atoms with Gasteiger partial charge in [0.25, 0.3) is 0 Å². The fourth-order valence-corrected chi connectivity index (χ4v) is 4.69. The summed E-state index contributed by atoms with van der Waals surface area (Å²) in [6.07, 6.45) is 5.79. The van der Waals surface area contributed by atoms with Crippen LogP contribution in [0.2, 0.25) is 0 Å². The lowest BCUT2D eigenvalue weighted by Crippen LogP contribution is -2.38. The second-order valence-electron chi connectivity index (χ2n) is 8.49. The molecule has 1 fully saturated rings. The molecule has 1 aromatic heterocycles. The Morgan fingerprint density at radius 2 is 2.03 bits per heavy atom. The van der Waals surface area contributed by atoms with Crippen LogP contribution in [0.15, 0.2) is 18.3 Å². The first-order valence-corrected chi connectivity index (χ1v) is 12.4. The minimum atomic E-state index is -4.21. The van der Waals surface area contributed by atoms with Crippen molar-refractivity contribution in [1.82, 2.24) is 14.2 Å². The largest absolute Gasteiger partial charge is 0.488 e. The quantitative estimate of drug-likeness (QED) is 0.458. The predicted octanol–water partition coefficient (Wildman–Crippen LogP) is 4.20. The molecule has 0 radical (unpaired) electrons. The number of ether oxygens (including phenoxy) is 2. The number of fused-ring (bicyclic) bond motifs is 1. The number of hydrogen-bond donors (Lipinski definition) is 0. The number of likely N-dealkylation sites (tertiary alicyclic amines) is 1. The van der Waals surface area contributed by atoms with E-state index in [9.17, 15) is 18.0 Å². The molecule has 0 N–H and O–H groups in total. The van der Waals surface area contributed by atoms with E-state index in [1.165, 1.54) is 11.1 Å². The maximum atomic E-state index is 11.3. The molecule has 2 atom stereocenters. The Balaban J connectivity index is 0.000000331. The van der Waals surface area contributed by atoms with Gasteiger partial charge in [-0.1, -0.05) is 18.0 Å². The third-order valence-corrected chi connectivity index (χ3v) is 7.32. The molecule has 6 nitrogen and oxygen atoms in total. The average molecular weight is 488 g/mol. The number of carbonyl (C=O) groups is 1. The van der Waals surface area contributed by atoms with Crippen LogP contribution in [0.4, 0.5) is 13.2 Å². The number of piperidine rings is 1. The lowest BCUT2D eigenvalue weighted by molar-refractivity contribution is -0.206. The van der Waals surface area contributed by atoms with Gasteiger partial charge in [0.1, 0.15) is 18.0 Å². The molecule has 0 saturated carbocycles. The number of methoxy groups -OCH3 is 1. The molecule has 2 unspecified atom stereocenters. The van der Waals surface area contributed by atoms with Gasteiger partial charge in [-0.3, -0.25) is 9.78 Å². The zero-order valence-electron chi connectivity index (χ0n) is 19.3. The number of amides is 1. The van der Waals surface area contributed by atoms with E-state index in [-0.39, 0.29) is 6.10 Å². The first-order valence-electron chi connectivity index (χ1n) is 11.2. The Kier molecular flexibility index (Phi) is 9.06. The van der Waals surface area contributed by atoms with Gasteiger partial charge in [0, 0.05) is 45.3 Å². The molecule has 3 aliphatic heterocycles. The molecule has 0 aliphatic carbocycles. The molecule has 0 bridgehead atoms. The average Bonchev–Trinajstić information content (AvgIpc) is 3.27. The number of aromatic nitrogens is 1. The van der Waals surface area contributed by atoms with Crippen molar-refractivity contribution in [3.63, 3.8) is 0 Å². The lowest BCUT2D eigenvalue weighted by Gasteiger charge is -2.32. The topological polar surface area (TPSA) is 54.9 Å². The summed E-state index contributed by atoms with van der Waals surface area (Å²) in [6.45, 7) is 4.74. The maximum Gasteiger partial charge on any atom is 0.414 e. The molecule has 1 saturated heterocycles. The van der Waals surface area contributed by atoms with Crippen LogP contribution in [-0.4, -0.2) is 78.5 Å². The van der Waals surface area contributed by atoms with Gasteiger partial charge in [0.05, 0.1) is 11.9 Å².